The summed E-state index contributed by atoms with van der Waals surface area (Å²) in [7, 11) is 0. The topological polar surface area (TPSA) is 162 Å². The number of aliphatic hydroxyl groups is 1. The van der Waals surface area contributed by atoms with E-state index in [9.17, 15) is 29.4 Å². The Morgan fingerprint density at radius 3 is 2.43 bits per heavy atom. The number of carboxylic acids is 1. The fourth-order valence-electron chi connectivity index (χ4n) is 3.42. The number of likely N-dealkylation sites (tertiary alicyclic amines) is 1. The van der Waals surface area contributed by atoms with E-state index in [2.05, 4.69) is 10.6 Å². The summed E-state index contributed by atoms with van der Waals surface area (Å²) >= 11 is 0. The van der Waals surface area contributed by atoms with Crippen LogP contribution in [0.3, 0.4) is 0 Å². The zero-order chi connectivity index (χ0) is 22.3. The van der Waals surface area contributed by atoms with Gasteiger partial charge in [0.1, 0.15) is 12.1 Å². The zero-order valence-corrected chi connectivity index (χ0v) is 16.8. The highest BCUT2D eigenvalue weighted by Gasteiger charge is 2.36. The Hall–Kier alpha value is -2.98. The van der Waals surface area contributed by atoms with E-state index in [-0.39, 0.29) is 18.9 Å². The molecule has 0 aliphatic carbocycles. The summed E-state index contributed by atoms with van der Waals surface area (Å²) in [6, 6.07) is 5.57. The minimum absolute atomic E-state index is 0.113. The summed E-state index contributed by atoms with van der Waals surface area (Å²) in [4.78, 5) is 50.3. The Balaban J connectivity index is 2.18. The molecule has 0 aromatic heterocycles. The number of nitrogens with two attached hydrogens (primary N) is 1. The van der Waals surface area contributed by atoms with Crippen LogP contribution in [0.15, 0.2) is 30.3 Å². The highest BCUT2D eigenvalue weighted by molar-refractivity contribution is 5.94. The average molecular weight is 420 g/mol. The van der Waals surface area contributed by atoms with E-state index in [1.807, 2.05) is 0 Å². The highest BCUT2D eigenvalue weighted by atomic mass is 16.4. The van der Waals surface area contributed by atoms with Gasteiger partial charge < -0.3 is 31.5 Å². The number of nitrogens with zero attached hydrogens (tertiary/aromatic N) is 1. The number of rotatable bonds is 9. The van der Waals surface area contributed by atoms with Gasteiger partial charge in [0, 0.05) is 13.0 Å². The molecule has 30 heavy (non-hydrogen) atoms. The van der Waals surface area contributed by atoms with E-state index in [0.717, 1.165) is 5.56 Å². The minimum atomic E-state index is -1.52. The van der Waals surface area contributed by atoms with Crippen LogP contribution in [0.1, 0.15) is 25.3 Å². The van der Waals surface area contributed by atoms with Gasteiger partial charge in [-0.2, -0.15) is 0 Å². The maximum atomic E-state index is 12.8. The molecule has 2 rings (SSSR count). The van der Waals surface area contributed by atoms with E-state index in [4.69, 9.17) is 5.73 Å². The van der Waals surface area contributed by atoms with Crippen LogP contribution in [0.4, 0.5) is 0 Å². The van der Waals surface area contributed by atoms with Crippen molar-refractivity contribution in [3.63, 3.8) is 0 Å². The van der Waals surface area contributed by atoms with E-state index in [0.29, 0.717) is 19.4 Å². The fourth-order valence-corrected chi connectivity index (χ4v) is 3.42. The first-order chi connectivity index (χ1) is 14.2. The summed E-state index contributed by atoms with van der Waals surface area (Å²) in [6.45, 7) is 1.44. The molecule has 1 saturated heterocycles. The number of aliphatic hydroxyl groups excluding tert-OH is 1. The van der Waals surface area contributed by atoms with Crippen LogP contribution < -0.4 is 16.4 Å². The van der Waals surface area contributed by atoms with Crippen molar-refractivity contribution in [3.05, 3.63) is 35.9 Å². The van der Waals surface area contributed by atoms with Gasteiger partial charge in [-0.05, 0) is 25.3 Å². The number of amides is 3. The maximum absolute atomic E-state index is 12.8. The third-order valence-corrected chi connectivity index (χ3v) is 5.01. The molecule has 1 aromatic carbocycles. The molecular weight excluding hydrogens is 392 g/mol. The number of aliphatic carboxylic acids is 1. The third-order valence-electron chi connectivity index (χ3n) is 5.01. The van der Waals surface area contributed by atoms with Crippen molar-refractivity contribution < 1.29 is 29.4 Å². The van der Waals surface area contributed by atoms with Crippen LogP contribution in [-0.2, 0) is 25.6 Å². The molecule has 4 unspecified atom stereocenters. The Morgan fingerprint density at radius 1 is 1.20 bits per heavy atom. The quantitative estimate of drug-likeness (QED) is 0.329. The van der Waals surface area contributed by atoms with Gasteiger partial charge in [-0.3, -0.25) is 14.4 Å². The van der Waals surface area contributed by atoms with Crippen LogP contribution in [-0.4, -0.2) is 76.1 Å². The lowest BCUT2D eigenvalue weighted by atomic mass is 10.0. The van der Waals surface area contributed by atoms with Gasteiger partial charge in [0.05, 0.1) is 12.6 Å². The van der Waals surface area contributed by atoms with Gasteiger partial charge in [-0.15, -0.1) is 0 Å². The van der Waals surface area contributed by atoms with Gasteiger partial charge in [0.15, 0.2) is 6.04 Å². The molecule has 1 aromatic rings. The summed E-state index contributed by atoms with van der Waals surface area (Å²) in [6.07, 6.45) is -0.125. The Morgan fingerprint density at radius 2 is 1.87 bits per heavy atom. The van der Waals surface area contributed by atoms with Crippen LogP contribution in [0.25, 0.3) is 0 Å². The molecule has 10 heteroatoms. The van der Waals surface area contributed by atoms with Crippen LogP contribution in [0.5, 0.6) is 0 Å². The van der Waals surface area contributed by atoms with Crippen molar-refractivity contribution in [2.75, 3.05) is 13.1 Å². The molecule has 1 aliphatic rings. The van der Waals surface area contributed by atoms with Crippen LogP contribution >= 0.6 is 0 Å². The molecular formula is C20H28N4O6. The molecule has 1 fully saturated rings. The summed E-state index contributed by atoms with van der Waals surface area (Å²) < 4.78 is 0. The molecule has 0 saturated carbocycles. The number of nitrogens with one attached hydrogen (secondary N) is 2. The first kappa shape index (κ1) is 23.3. The molecule has 6 N–H and O–H groups in total. The Bertz CT molecular complexity index is 770. The Labute approximate surface area is 174 Å². The van der Waals surface area contributed by atoms with E-state index in [1.165, 1.54) is 11.8 Å². The van der Waals surface area contributed by atoms with Gasteiger partial charge in [-0.25, -0.2) is 4.79 Å². The summed E-state index contributed by atoms with van der Waals surface area (Å²) in [5.74, 6) is -2.99. The van der Waals surface area contributed by atoms with Crippen molar-refractivity contribution in [1.29, 1.82) is 0 Å². The third kappa shape index (κ3) is 6.01. The first-order valence-electron chi connectivity index (χ1n) is 9.79. The van der Waals surface area contributed by atoms with Gasteiger partial charge in [0.25, 0.3) is 0 Å². The predicted octanol–water partition coefficient (Wildman–Crippen LogP) is -1.39. The second-order valence-electron chi connectivity index (χ2n) is 7.27. The van der Waals surface area contributed by atoms with E-state index < -0.39 is 42.0 Å². The van der Waals surface area contributed by atoms with Gasteiger partial charge in [0.2, 0.25) is 17.7 Å². The zero-order valence-electron chi connectivity index (χ0n) is 16.8. The number of hydrogen-bond donors (Lipinski definition) is 5. The molecule has 0 radical (unpaired) electrons. The second-order valence-corrected chi connectivity index (χ2v) is 7.27. The number of carbonyl (C=O) groups is 4. The molecule has 164 valence electrons. The molecule has 1 aliphatic heterocycles. The van der Waals surface area contributed by atoms with Crippen LogP contribution in [0.2, 0.25) is 0 Å². The number of hydrogen-bond acceptors (Lipinski definition) is 6. The lowest BCUT2D eigenvalue weighted by Gasteiger charge is -2.27. The Kier molecular flexibility index (Phi) is 8.31. The smallest absolute Gasteiger partial charge is 0.328 e. The fraction of sp³-hybridized carbons (Fsp3) is 0.500. The van der Waals surface area contributed by atoms with E-state index in [1.54, 1.807) is 30.3 Å². The van der Waals surface area contributed by atoms with Crippen molar-refractivity contribution in [1.82, 2.24) is 15.5 Å². The maximum Gasteiger partial charge on any atom is 0.328 e. The van der Waals surface area contributed by atoms with Gasteiger partial charge in [-0.1, -0.05) is 30.3 Å². The lowest BCUT2D eigenvalue weighted by Crippen LogP contribution is -2.57. The predicted molar refractivity (Wildman–Crippen MR) is 107 cm³/mol. The number of benzene rings is 1. The molecule has 1 heterocycles. The van der Waals surface area contributed by atoms with Crippen molar-refractivity contribution in [2.45, 2.75) is 50.4 Å². The highest BCUT2D eigenvalue weighted by Crippen LogP contribution is 2.18. The standard InChI is InChI=1S/C20H28N4O6/c1-12(25)17(20(29)30)23-18(27)14(10-13-6-3-2-4-7-13)22-19(28)15-8-5-9-24(15)16(26)11-21/h2-4,6-7,12,14-15,17,25H,5,8-11,21H2,1H3,(H,22,28)(H,23,27)(H,29,30). The SMILES string of the molecule is CC(O)C(NC(=O)C(Cc1ccccc1)NC(=O)C1CCCN1C(=O)CN)C(=O)O. The average Bonchev–Trinajstić information content (AvgIpc) is 3.21. The number of carbonyl (C=O) groups excluding carboxylic acids is 3. The number of carboxylic acid groups (broad SMARTS) is 1. The van der Waals surface area contributed by atoms with Crippen molar-refractivity contribution in [2.24, 2.45) is 5.73 Å². The molecule has 0 bridgehead atoms. The molecule has 4 atom stereocenters. The molecule has 10 nitrogen and oxygen atoms in total. The molecule has 3 amide bonds. The minimum Gasteiger partial charge on any atom is -0.480 e. The normalized spacial score (nSPS) is 18.9. The summed E-state index contributed by atoms with van der Waals surface area (Å²) in [5, 5.41) is 23.8. The van der Waals surface area contributed by atoms with E-state index >= 15 is 0 Å². The van der Waals surface area contributed by atoms with Gasteiger partial charge >= 0.3 is 5.97 Å². The van der Waals surface area contributed by atoms with Crippen molar-refractivity contribution in [3.8, 4) is 0 Å². The first-order valence-corrected chi connectivity index (χ1v) is 9.79. The van der Waals surface area contributed by atoms with Crippen molar-refractivity contribution >= 4 is 23.7 Å². The lowest BCUT2D eigenvalue weighted by molar-refractivity contribution is -0.145. The summed E-state index contributed by atoms with van der Waals surface area (Å²) in [5.41, 5.74) is 6.16. The monoisotopic (exact) mass is 420 g/mol. The second kappa shape index (κ2) is 10.7. The largest absolute Gasteiger partial charge is 0.480 e. The van der Waals surface area contributed by atoms with Crippen LogP contribution in [0, 0.1) is 0 Å². The molecule has 0 spiro atoms.